The van der Waals surface area contributed by atoms with Gasteiger partial charge in [-0.3, -0.25) is 9.80 Å². The molecule has 2 aromatic carbocycles. The highest BCUT2D eigenvalue weighted by atomic mass is 32.2. The first-order chi connectivity index (χ1) is 18.5. The van der Waals surface area contributed by atoms with Crippen LogP contribution in [0.4, 0.5) is 0 Å². The Balaban J connectivity index is 0.000000272. The third-order valence-electron chi connectivity index (χ3n) is 8.41. The van der Waals surface area contributed by atoms with Gasteiger partial charge >= 0.3 is 0 Å². The summed E-state index contributed by atoms with van der Waals surface area (Å²) in [5.74, 6) is 0. The molecule has 9 heteroatoms. The molecule has 2 aliphatic rings. The molecule has 220 valence electrons. The van der Waals surface area contributed by atoms with Gasteiger partial charge in [-0.05, 0) is 76.3 Å². The normalized spacial score (nSPS) is 26.5. The van der Waals surface area contributed by atoms with Gasteiger partial charge < -0.3 is 15.9 Å². The second-order valence-corrected chi connectivity index (χ2v) is 13.3. The van der Waals surface area contributed by atoms with Gasteiger partial charge in [0.15, 0.2) is 0 Å². The number of nitrogens with zero attached hydrogens (tertiary/aromatic N) is 2. The van der Waals surface area contributed by atoms with Crippen LogP contribution < -0.4 is 10.5 Å². The number of piperidine rings is 2. The lowest BCUT2D eigenvalue weighted by Gasteiger charge is -2.40. The van der Waals surface area contributed by atoms with E-state index in [9.17, 15) is 18.6 Å². The molecule has 2 aromatic rings. The lowest BCUT2D eigenvalue weighted by atomic mass is 9.97. The summed E-state index contributed by atoms with van der Waals surface area (Å²) in [6.07, 6.45) is 6.20. The minimum atomic E-state index is -3.64. The summed E-state index contributed by atoms with van der Waals surface area (Å²) in [6.45, 7) is 10.4. The molecule has 2 aliphatic heterocycles. The van der Waals surface area contributed by atoms with Crippen LogP contribution in [0.5, 0.6) is 0 Å². The highest BCUT2D eigenvalue weighted by Crippen LogP contribution is 2.24. The fourth-order valence-electron chi connectivity index (χ4n) is 5.92. The molecule has 0 amide bonds. The highest BCUT2D eigenvalue weighted by Gasteiger charge is 2.27. The second kappa shape index (κ2) is 14.9. The number of likely N-dealkylation sites (tertiary alicyclic amines) is 2. The van der Waals surface area contributed by atoms with E-state index in [4.69, 9.17) is 5.73 Å². The summed E-state index contributed by atoms with van der Waals surface area (Å²) in [4.78, 5) is 4.88. The monoisotopic (exact) mass is 562 g/mol. The van der Waals surface area contributed by atoms with Crippen molar-refractivity contribution in [3.05, 3.63) is 42.5 Å². The van der Waals surface area contributed by atoms with Crippen LogP contribution in [0.3, 0.4) is 0 Å². The topological polar surface area (TPSA) is 119 Å². The Hall–Kier alpha value is -1.59. The van der Waals surface area contributed by atoms with Gasteiger partial charge in [-0.15, -0.1) is 0 Å². The predicted octanol–water partition coefficient (Wildman–Crippen LogP) is 3.31. The van der Waals surface area contributed by atoms with Crippen LogP contribution in [0, 0.1) is 0 Å². The van der Waals surface area contributed by atoms with Crippen molar-refractivity contribution in [3.63, 3.8) is 0 Å². The molecule has 4 rings (SSSR count). The summed E-state index contributed by atoms with van der Waals surface area (Å²) in [7, 11) is -3.64. The number of aliphatic hydroxyl groups excluding tert-OH is 2. The van der Waals surface area contributed by atoms with Crippen LogP contribution in [-0.2, 0) is 10.0 Å². The smallest absolute Gasteiger partial charge is 0.240 e. The van der Waals surface area contributed by atoms with Gasteiger partial charge in [0.1, 0.15) is 0 Å². The highest BCUT2D eigenvalue weighted by molar-refractivity contribution is 7.89. The summed E-state index contributed by atoms with van der Waals surface area (Å²) in [5, 5.41) is 21.7. The Labute approximate surface area is 235 Å². The molecule has 0 bridgehead atoms. The third-order valence-corrected chi connectivity index (χ3v) is 9.83. The van der Waals surface area contributed by atoms with Gasteiger partial charge in [-0.2, -0.15) is 0 Å². The zero-order valence-electron chi connectivity index (χ0n) is 24.2. The van der Waals surface area contributed by atoms with E-state index >= 15 is 0 Å². The molecule has 0 spiro atoms. The van der Waals surface area contributed by atoms with Gasteiger partial charge in [0.05, 0.1) is 17.1 Å². The Kier molecular flexibility index (Phi) is 12.2. The maximum Gasteiger partial charge on any atom is 0.240 e. The Morgan fingerprint density at radius 3 is 1.82 bits per heavy atom. The van der Waals surface area contributed by atoms with E-state index < -0.39 is 16.1 Å². The third kappa shape index (κ3) is 9.21. The Morgan fingerprint density at radius 1 is 0.821 bits per heavy atom. The van der Waals surface area contributed by atoms with Crippen molar-refractivity contribution >= 4 is 20.8 Å². The molecule has 0 aromatic heterocycles. The van der Waals surface area contributed by atoms with Crippen LogP contribution in [0.2, 0.25) is 0 Å². The van der Waals surface area contributed by atoms with E-state index in [2.05, 4.69) is 42.2 Å². The number of aliphatic hydroxyl groups is 2. The molecule has 0 aliphatic carbocycles. The van der Waals surface area contributed by atoms with E-state index in [0.29, 0.717) is 37.3 Å². The van der Waals surface area contributed by atoms with Crippen LogP contribution >= 0.6 is 0 Å². The lowest BCUT2D eigenvalue weighted by molar-refractivity contribution is 0.0438. The number of hydrogen-bond donors (Lipinski definition) is 4. The van der Waals surface area contributed by atoms with E-state index in [1.165, 1.54) is 25.7 Å². The van der Waals surface area contributed by atoms with Crippen LogP contribution in [0.15, 0.2) is 47.4 Å². The molecule has 5 N–H and O–H groups in total. The zero-order valence-corrected chi connectivity index (χ0v) is 25.0. The van der Waals surface area contributed by atoms with Gasteiger partial charge in [0, 0.05) is 50.3 Å². The van der Waals surface area contributed by atoms with Crippen molar-refractivity contribution in [3.8, 4) is 0 Å². The number of β-amino-alcohol motifs (C(OH)–C–C–N with tert-alkyl or cyclic N) is 2. The summed E-state index contributed by atoms with van der Waals surface area (Å²) in [6, 6.07) is 14.8. The first kappa shape index (κ1) is 31.9. The average Bonchev–Trinajstić information content (AvgIpc) is 2.92. The summed E-state index contributed by atoms with van der Waals surface area (Å²) in [5.41, 5.74) is 5.40. The average molecular weight is 563 g/mol. The molecule has 0 saturated carbocycles. The zero-order chi connectivity index (χ0) is 28.6. The Bertz CT molecular complexity index is 1110. The van der Waals surface area contributed by atoms with Crippen molar-refractivity contribution in [2.75, 3.05) is 26.2 Å². The van der Waals surface area contributed by atoms with Crippen molar-refractivity contribution in [2.45, 2.75) is 107 Å². The van der Waals surface area contributed by atoms with Crippen LogP contribution in [0.1, 0.15) is 66.2 Å². The van der Waals surface area contributed by atoms with Crippen molar-refractivity contribution in [1.29, 1.82) is 0 Å². The number of rotatable bonds is 9. The molecule has 2 saturated heterocycles. The molecular formula is C30H50N4O4S. The number of sulfonamides is 1. The first-order valence-electron chi connectivity index (χ1n) is 14.6. The van der Waals surface area contributed by atoms with Gasteiger partial charge in [0.25, 0.3) is 0 Å². The van der Waals surface area contributed by atoms with Crippen molar-refractivity contribution in [2.24, 2.45) is 5.73 Å². The van der Waals surface area contributed by atoms with Crippen LogP contribution in [0.25, 0.3) is 10.8 Å². The van der Waals surface area contributed by atoms with Gasteiger partial charge in [0.2, 0.25) is 10.0 Å². The molecule has 0 radical (unpaired) electrons. The molecular weight excluding hydrogens is 512 g/mol. The van der Waals surface area contributed by atoms with Gasteiger partial charge in [-0.25, -0.2) is 13.1 Å². The maximum absolute atomic E-state index is 12.6. The number of benzene rings is 2. The number of hydrogen-bond acceptors (Lipinski definition) is 7. The Morgan fingerprint density at radius 2 is 1.31 bits per heavy atom. The fourth-order valence-corrected chi connectivity index (χ4v) is 7.03. The van der Waals surface area contributed by atoms with E-state index in [-0.39, 0.29) is 17.5 Å². The maximum atomic E-state index is 12.6. The van der Waals surface area contributed by atoms with E-state index in [0.717, 1.165) is 30.2 Å². The van der Waals surface area contributed by atoms with Crippen molar-refractivity contribution in [1.82, 2.24) is 14.5 Å². The predicted molar refractivity (Wildman–Crippen MR) is 159 cm³/mol. The lowest BCUT2D eigenvalue weighted by Crippen LogP contribution is -2.49. The molecule has 6 atom stereocenters. The minimum absolute atomic E-state index is 0.0189. The quantitative estimate of drug-likeness (QED) is 0.370. The fraction of sp³-hybridized carbons (Fsp3) is 0.667. The molecule has 2 heterocycles. The number of nitrogens with two attached hydrogens (primary N) is 1. The molecule has 2 fully saturated rings. The number of fused-ring (bicyclic) bond motifs is 1. The van der Waals surface area contributed by atoms with Gasteiger partial charge in [-0.1, -0.05) is 43.2 Å². The molecule has 39 heavy (non-hydrogen) atoms. The standard InChI is InChI=1S/C20H28N2O3S.C10H22N2O/c1-15-6-5-7-16(2)22(15)14-19(23)13-21-26(24,25)20-11-10-17-8-3-4-9-18(17)12-20;1-8-4-3-5-9(2)12(8)7-10(13)6-11/h3-4,8-12,15-16,19,21,23H,5-7,13-14H2,1-2H3;8-10,13H,3-7,11H2,1-2H3/t15-,16+,19-;8-,9+,10-/m00/s1. The summed E-state index contributed by atoms with van der Waals surface area (Å²) < 4.78 is 27.7. The molecule has 8 nitrogen and oxygen atoms in total. The SMILES string of the molecule is C[C@@H]1CCC[C@H](C)N1C[C@@H](O)CN.C[C@@H]1CCC[C@H](C)N1C[C@@H](O)CNS(=O)(=O)c1ccc2ccccc2c1. The largest absolute Gasteiger partial charge is 0.390 e. The van der Waals surface area contributed by atoms with E-state index in [1.807, 2.05) is 24.3 Å². The second-order valence-electron chi connectivity index (χ2n) is 11.6. The first-order valence-corrected chi connectivity index (χ1v) is 16.1. The van der Waals surface area contributed by atoms with Crippen LogP contribution in [-0.4, -0.2) is 91.0 Å². The molecule has 0 unspecified atom stereocenters. The summed E-state index contributed by atoms with van der Waals surface area (Å²) >= 11 is 0. The number of nitrogens with one attached hydrogen (secondary N) is 1. The van der Waals surface area contributed by atoms with Crippen molar-refractivity contribution < 1.29 is 18.6 Å². The van der Waals surface area contributed by atoms with E-state index in [1.54, 1.807) is 18.2 Å². The minimum Gasteiger partial charge on any atom is -0.390 e.